The maximum Gasteiger partial charge on any atom is 0.262 e. The molecule has 3 aromatic heterocycles. The van der Waals surface area contributed by atoms with Crippen LogP contribution in [0.3, 0.4) is 0 Å². The van der Waals surface area contributed by atoms with Crippen LogP contribution in [0, 0.1) is 0 Å². The van der Waals surface area contributed by atoms with Crippen LogP contribution >= 0.6 is 0 Å². The summed E-state index contributed by atoms with van der Waals surface area (Å²) in [4.78, 5) is 30.7. The Hall–Kier alpha value is -2.76. The van der Waals surface area contributed by atoms with E-state index in [1.165, 1.54) is 6.42 Å². The third-order valence-electron chi connectivity index (χ3n) is 4.22. The molecule has 0 aromatic carbocycles. The van der Waals surface area contributed by atoms with Crippen molar-refractivity contribution in [2.45, 2.75) is 19.3 Å². The number of hydrogen-bond donors (Lipinski definition) is 1. The molecule has 3 aromatic rings. The number of aromatic amines is 1. The molecular weight excluding hydrogens is 290 g/mol. The minimum Gasteiger partial charge on any atom is -0.342 e. The average molecular weight is 307 g/mol. The zero-order valence-corrected chi connectivity index (χ0v) is 12.7. The number of nitrogens with one attached hydrogen (secondary N) is 1. The van der Waals surface area contributed by atoms with Gasteiger partial charge in [-0.25, -0.2) is 4.98 Å². The topological polar surface area (TPSA) is 74.8 Å². The molecule has 6 nitrogen and oxygen atoms in total. The molecule has 0 amide bonds. The molecule has 0 unspecified atom stereocenters. The molecule has 0 bridgehead atoms. The highest BCUT2D eigenvalue weighted by Gasteiger charge is 2.16. The number of piperidine rings is 1. The first-order chi connectivity index (χ1) is 11.3. The first kappa shape index (κ1) is 13.9. The summed E-state index contributed by atoms with van der Waals surface area (Å²) < 4.78 is 0. The lowest BCUT2D eigenvalue weighted by Gasteiger charge is -2.27. The van der Waals surface area contributed by atoms with E-state index in [1.807, 2.05) is 18.2 Å². The van der Waals surface area contributed by atoms with Crippen molar-refractivity contribution in [3.8, 4) is 11.1 Å². The van der Waals surface area contributed by atoms with Crippen molar-refractivity contribution < 1.29 is 0 Å². The van der Waals surface area contributed by atoms with Crippen LogP contribution in [0.2, 0.25) is 0 Å². The average Bonchev–Trinajstić information content (AvgIpc) is 2.62. The number of aromatic nitrogens is 4. The van der Waals surface area contributed by atoms with Crippen molar-refractivity contribution in [3.05, 3.63) is 47.1 Å². The van der Waals surface area contributed by atoms with Gasteiger partial charge >= 0.3 is 0 Å². The summed E-state index contributed by atoms with van der Waals surface area (Å²) in [6.45, 7) is 1.85. The molecule has 23 heavy (non-hydrogen) atoms. The maximum atomic E-state index is 12.7. The number of H-pyrrole nitrogens is 1. The van der Waals surface area contributed by atoms with Crippen LogP contribution in [-0.4, -0.2) is 33.0 Å². The highest BCUT2D eigenvalue weighted by Crippen LogP contribution is 2.24. The van der Waals surface area contributed by atoms with Crippen molar-refractivity contribution in [3.63, 3.8) is 0 Å². The van der Waals surface area contributed by atoms with Gasteiger partial charge < -0.3 is 4.90 Å². The number of fused-ring (bicyclic) bond motifs is 1. The highest BCUT2D eigenvalue weighted by atomic mass is 16.1. The molecule has 116 valence electrons. The fourth-order valence-corrected chi connectivity index (χ4v) is 3.07. The SMILES string of the molecule is O=c1[nH]c(N2CCCCC2)nc2nccc(-c3cccnc3)c12. The number of nitrogens with zero attached hydrogens (tertiary/aromatic N) is 4. The monoisotopic (exact) mass is 307 g/mol. The van der Waals surface area contributed by atoms with Gasteiger partial charge in [-0.05, 0) is 31.4 Å². The van der Waals surface area contributed by atoms with Gasteiger partial charge in [0, 0.05) is 42.8 Å². The fraction of sp³-hybridized carbons (Fsp3) is 0.294. The Morgan fingerprint density at radius 3 is 2.74 bits per heavy atom. The Morgan fingerprint density at radius 2 is 1.96 bits per heavy atom. The van der Waals surface area contributed by atoms with Gasteiger partial charge in [-0.2, -0.15) is 4.98 Å². The molecule has 4 rings (SSSR count). The zero-order chi connectivity index (χ0) is 15.6. The van der Waals surface area contributed by atoms with Gasteiger partial charge in [0.15, 0.2) is 5.65 Å². The van der Waals surface area contributed by atoms with Crippen LogP contribution < -0.4 is 10.5 Å². The smallest absolute Gasteiger partial charge is 0.262 e. The number of anilines is 1. The van der Waals surface area contributed by atoms with Crippen molar-refractivity contribution in [1.29, 1.82) is 0 Å². The van der Waals surface area contributed by atoms with Crippen LogP contribution in [0.15, 0.2) is 41.6 Å². The third-order valence-corrected chi connectivity index (χ3v) is 4.22. The van der Waals surface area contributed by atoms with Gasteiger partial charge in [0.05, 0.1) is 5.39 Å². The van der Waals surface area contributed by atoms with E-state index in [1.54, 1.807) is 18.6 Å². The molecule has 0 radical (unpaired) electrons. The van der Waals surface area contributed by atoms with Gasteiger partial charge in [0.25, 0.3) is 5.56 Å². The Kier molecular flexibility index (Phi) is 3.49. The first-order valence-electron chi connectivity index (χ1n) is 7.87. The number of rotatable bonds is 2. The quantitative estimate of drug-likeness (QED) is 0.786. The van der Waals surface area contributed by atoms with Crippen molar-refractivity contribution >= 4 is 17.0 Å². The van der Waals surface area contributed by atoms with E-state index in [9.17, 15) is 4.79 Å². The fourth-order valence-electron chi connectivity index (χ4n) is 3.07. The standard InChI is InChI=1S/C17H17N5O/c23-16-14-13(12-5-4-7-18-11-12)6-8-19-15(14)20-17(21-16)22-9-2-1-3-10-22/h4-8,11H,1-3,9-10H2,(H,19,20,21,23). The van der Waals surface area contributed by atoms with Crippen LogP contribution in [0.25, 0.3) is 22.2 Å². The van der Waals surface area contributed by atoms with Gasteiger partial charge in [0.1, 0.15) is 0 Å². The summed E-state index contributed by atoms with van der Waals surface area (Å²) in [5.41, 5.74) is 2.03. The largest absolute Gasteiger partial charge is 0.342 e. The Labute approximate surface area is 133 Å². The molecule has 0 saturated carbocycles. The predicted octanol–water partition coefficient (Wildman–Crippen LogP) is 2.37. The number of hydrogen-bond acceptors (Lipinski definition) is 5. The summed E-state index contributed by atoms with van der Waals surface area (Å²) in [6.07, 6.45) is 8.64. The molecule has 1 fully saturated rings. The lowest BCUT2D eigenvalue weighted by atomic mass is 10.1. The Bertz CT molecular complexity index is 884. The molecule has 6 heteroatoms. The summed E-state index contributed by atoms with van der Waals surface area (Å²) in [7, 11) is 0. The summed E-state index contributed by atoms with van der Waals surface area (Å²) in [5, 5.41) is 0.515. The van der Waals surface area contributed by atoms with E-state index in [2.05, 4.69) is 24.8 Å². The van der Waals surface area contributed by atoms with Gasteiger partial charge in [0.2, 0.25) is 5.95 Å². The number of pyridine rings is 2. The van der Waals surface area contributed by atoms with Crippen LogP contribution in [0.4, 0.5) is 5.95 Å². The van der Waals surface area contributed by atoms with E-state index in [4.69, 9.17) is 0 Å². The molecule has 0 atom stereocenters. The van der Waals surface area contributed by atoms with E-state index < -0.39 is 0 Å². The van der Waals surface area contributed by atoms with E-state index in [0.717, 1.165) is 37.1 Å². The highest BCUT2D eigenvalue weighted by molar-refractivity contribution is 5.91. The summed E-state index contributed by atoms with van der Waals surface area (Å²) in [5.74, 6) is 0.623. The van der Waals surface area contributed by atoms with Crippen molar-refractivity contribution in [1.82, 2.24) is 19.9 Å². The zero-order valence-electron chi connectivity index (χ0n) is 12.7. The third kappa shape index (κ3) is 2.56. The van der Waals surface area contributed by atoms with Crippen LogP contribution in [0.1, 0.15) is 19.3 Å². The molecule has 0 spiro atoms. The molecule has 0 aliphatic carbocycles. The van der Waals surface area contributed by atoms with Crippen molar-refractivity contribution in [2.75, 3.05) is 18.0 Å². The van der Waals surface area contributed by atoms with Crippen LogP contribution in [-0.2, 0) is 0 Å². The van der Waals surface area contributed by atoms with Crippen molar-refractivity contribution in [2.24, 2.45) is 0 Å². The molecule has 1 aliphatic heterocycles. The molecule has 1 N–H and O–H groups in total. The second kappa shape index (κ2) is 5.79. The Morgan fingerprint density at radius 1 is 1.09 bits per heavy atom. The minimum absolute atomic E-state index is 0.150. The normalized spacial score (nSPS) is 15.0. The maximum absolute atomic E-state index is 12.7. The van der Waals surface area contributed by atoms with Gasteiger partial charge in [-0.3, -0.25) is 14.8 Å². The molecule has 1 saturated heterocycles. The summed E-state index contributed by atoms with van der Waals surface area (Å²) >= 11 is 0. The van der Waals surface area contributed by atoms with E-state index >= 15 is 0 Å². The predicted molar refractivity (Wildman–Crippen MR) is 89.5 cm³/mol. The molecule has 4 heterocycles. The van der Waals surface area contributed by atoms with E-state index in [-0.39, 0.29) is 5.56 Å². The van der Waals surface area contributed by atoms with Gasteiger partial charge in [-0.15, -0.1) is 0 Å². The van der Waals surface area contributed by atoms with Gasteiger partial charge in [-0.1, -0.05) is 6.07 Å². The molecular formula is C17H17N5O. The molecule has 1 aliphatic rings. The first-order valence-corrected chi connectivity index (χ1v) is 7.87. The van der Waals surface area contributed by atoms with E-state index in [0.29, 0.717) is 17.0 Å². The minimum atomic E-state index is -0.150. The lowest BCUT2D eigenvalue weighted by molar-refractivity contribution is 0.568. The summed E-state index contributed by atoms with van der Waals surface area (Å²) in [6, 6.07) is 5.61. The second-order valence-electron chi connectivity index (χ2n) is 5.74. The Balaban J connectivity index is 1.87. The van der Waals surface area contributed by atoms with Crippen LogP contribution in [0.5, 0.6) is 0 Å². The lowest BCUT2D eigenvalue weighted by Crippen LogP contribution is -2.32. The second-order valence-corrected chi connectivity index (χ2v) is 5.74.